The van der Waals surface area contributed by atoms with Crippen LogP contribution in [0.15, 0.2) is 30.3 Å². The zero-order valence-electron chi connectivity index (χ0n) is 13.1. The molecule has 0 bridgehead atoms. The number of rotatable bonds is 5. The van der Waals surface area contributed by atoms with Crippen molar-refractivity contribution in [3.8, 4) is 0 Å². The first kappa shape index (κ1) is 20.5. The summed E-state index contributed by atoms with van der Waals surface area (Å²) < 4.78 is 57.8. The van der Waals surface area contributed by atoms with Gasteiger partial charge in [0.2, 0.25) is 6.29 Å². The molecule has 1 saturated heterocycles. The van der Waals surface area contributed by atoms with E-state index in [2.05, 4.69) is 10.6 Å². The Kier molecular flexibility index (Phi) is 8.27. The zero-order valence-corrected chi connectivity index (χ0v) is 13.1. The number of hydrogen-bond acceptors (Lipinski definition) is 3. The maximum absolute atomic E-state index is 13.9. The molecule has 0 amide bonds. The van der Waals surface area contributed by atoms with Crippen molar-refractivity contribution in [2.24, 2.45) is 0 Å². The Labute approximate surface area is 137 Å². The van der Waals surface area contributed by atoms with Crippen molar-refractivity contribution in [2.75, 3.05) is 19.8 Å². The molecule has 0 spiro atoms. The average Bonchev–Trinajstić information content (AvgIpc) is 2.61. The Morgan fingerprint density at radius 2 is 1.92 bits per heavy atom. The summed E-state index contributed by atoms with van der Waals surface area (Å²) in [6, 6.07) is 9.82. The van der Waals surface area contributed by atoms with Crippen LogP contribution in [-0.2, 0) is 11.3 Å². The lowest BCUT2D eigenvalue weighted by Gasteiger charge is -2.40. The smallest absolute Gasteiger partial charge is 0.315 e. The first-order valence-corrected chi connectivity index (χ1v) is 7.56. The average molecular weight is 352 g/mol. The summed E-state index contributed by atoms with van der Waals surface area (Å²) in [5.74, 6) is 0. The highest BCUT2D eigenvalue weighted by atomic mass is 19.4. The molecular weight excluding hydrogens is 331 g/mol. The standard InChI is InChI=1S/C14H20F2N2.C2HF3O/c15-9-13(16)14(7-4-8-17-11-14)18-10-12-5-2-1-3-6-12;3-2(4,5)1-6/h1-3,5-6,13,17-18H,4,7-11H2;1H. The third kappa shape index (κ3) is 6.92. The summed E-state index contributed by atoms with van der Waals surface area (Å²) in [5.41, 5.74) is 0.330. The third-order valence-electron chi connectivity index (χ3n) is 3.77. The van der Waals surface area contributed by atoms with Gasteiger partial charge in [0.05, 0.1) is 5.54 Å². The van der Waals surface area contributed by atoms with E-state index in [0.717, 1.165) is 18.5 Å². The van der Waals surface area contributed by atoms with E-state index in [1.807, 2.05) is 30.3 Å². The van der Waals surface area contributed by atoms with E-state index in [-0.39, 0.29) is 0 Å². The molecule has 0 aromatic heterocycles. The van der Waals surface area contributed by atoms with Gasteiger partial charge in [-0.3, -0.25) is 4.79 Å². The van der Waals surface area contributed by atoms with Gasteiger partial charge in [0, 0.05) is 13.1 Å². The SMILES string of the molecule is FCC(F)C1(NCc2ccccc2)CCCNC1.O=CC(F)(F)F. The highest BCUT2D eigenvalue weighted by molar-refractivity contribution is 5.56. The van der Waals surface area contributed by atoms with Crippen LogP contribution < -0.4 is 10.6 Å². The predicted octanol–water partition coefficient (Wildman–Crippen LogP) is 2.95. The van der Waals surface area contributed by atoms with Crippen LogP contribution >= 0.6 is 0 Å². The van der Waals surface area contributed by atoms with E-state index >= 15 is 0 Å². The highest BCUT2D eigenvalue weighted by Gasteiger charge is 2.40. The summed E-state index contributed by atoms with van der Waals surface area (Å²) in [6.07, 6.45) is -5.60. The van der Waals surface area contributed by atoms with Gasteiger partial charge in [-0.05, 0) is 24.9 Å². The molecule has 2 rings (SSSR count). The summed E-state index contributed by atoms with van der Waals surface area (Å²) >= 11 is 0. The number of carbonyl (C=O) groups excluding carboxylic acids is 1. The Morgan fingerprint density at radius 3 is 2.38 bits per heavy atom. The van der Waals surface area contributed by atoms with Crippen molar-refractivity contribution < 1.29 is 26.7 Å². The molecule has 1 heterocycles. The van der Waals surface area contributed by atoms with Gasteiger partial charge >= 0.3 is 6.18 Å². The molecule has 1 fully saturated rings. The molecule has 2 atom stereocenters. The van der Waals surface area contributed by atoms with E-state index in [9.17, 15) is 22.0 Å². The molecule has 2 unspecified atom stereocenters. The van der Waals surface area contributed by atoms with Crippen LogP contribution in [0.4, 0.5) is 22.0 Å². The maximum atomic E-state index is 13.9. The lowest BCUT2D eigenvalue weighted by atomic mass is 9.85. The molecule has 0 saturated carbocycles. The number of piperidine rings is 1. The fourth-order valence-electron chi connectivity index (χ4n) is 2.48. The van der Waals surface area contributed by atoms with Crippen LogP contribution in [-0.4, -0.2) is 43.9 Å². The summed E-state index contributed by atoms with van der Waals surface area (Å²) in [6.45, 7) is 1.02. The van der Waals surface area contributed by atoms with Crippen LogP contribution in [0.25, 0.3) is 0 Å². The number of halogens is 5. The van der Waals surface area contributed by atoms with E-state index in [4.69, 9.17) is 4.79 Å². The molecule has 2 N–H and O–H groups in total. The van der Waals surface area contributed by atoms with Crippen LogP contribution in [0.3, 0.4) is 0 Å². The molecule has 1 aromatic rings. The van der Waals surface area contributed by atoms with Crippen molar-refractivity contribution in [3.63, 3.8) is 0 Å². The lowest BCUT2D eigenvalue weighted by molar-refractivity contribution is -0.156. The van der Waals surface area contributed by atoms with Crippen LogP contribution in [0.5, 0.6) is 0 Å². The first-order chi connectivity index (χ1) is 11.3. The van der Waals surface area contributed by atoms with E-state index in [1.54, 1.807) is 0 Å². The summed E-state index contributed by atoms with van der Waals surface area (Å²) in [4.78, 5) is 8.70. The number of alkyl halides is 5. The largest absolute Gasteiger partial charge is 0.446 e. The Balaban J connectivity index is 0.000000413. The zero-order chi connectivity index (χ0) is 18.1. The molecule has 136 valence electrons. The van der Waals surface area contributed by atoms with Crippen molar-refractivity contribution in [2.45, 2.75) is 37.3 Å². The van der Waals surface area contributed by atoms with Crippen molar-refractivity contribution in [1.29, 1.82) is 0 Å². The van der Waals surface area contributed by atoms with Crippen LogP contribution in [0.1, 0.15) is 18.4 Å². The summed E-state index contributed by atoms with van der Waals surface area (Å²) in [5, 5.41) is 6.38. The normalized spacial score (nSPS) is 22.2. The second-order valence-electron chi connectivity index (χ2n) is 5.56. The topological polar surface area (TPSA) is 41.1 Å². The second kappa shape index (κ2) is 9.68. The fourth-order valence-corrected chi connectivity index (χ4v) is 2.48. The number of aldehydes is 1. The van der Waals surface area contributed by atoms with Gasteiger partial charge in [-0.2, -0.15) is 13.2 Å². The minimum absolute atomic E-state index is 0.491. The lowest BCUT2D eigenvalue weighted by Crippen LogP contribution is -2.61. The van der Waals surface area contributed by atoms with Gasteiger partial charge in [0.25, 0.3) is 0 Å². The van der Waals surface area contributed by atoms with Crippen molar-refractivity contribution in [3.05, 3.63) is 35.9 Å². The molecule has 1 aromatic carbocycles. The number of benzene rings is 1. The first-order valence-electron chi connectivity index (χ1n) is 7.56. The van der Waals surface area contributed by atoms with E-state index in [1.165, 1.54) is 0 Å². The number of carbonyl (C=O) groups is 1. The fraction of sp³-hybridized carbons (Fsp3) is 0.562. The Hall–Kier alpha value is -1.54. The minimum atomic E-state index is -4.64. The van der Waals surface area contributed by atoms with Gasteiger partial charge in [0.15, 0.2) is 0 Å². The Morgan fingerprint density at radius 1 is 1.29 bits per heavy atom. The minimum Gasteiger partial charge on any atom is -0.315 e. The summed E-state index contributed by atoms with van der Waals surface area (Å²) in [7, 11) is 0. The van der Waals surface area contributed by atoms with Gasteiger partial charge < -0.3 is 10.6 Å². The molecule has 24 heavy (non-hydrogen) atoms. The number of hydrogen-bond donors (Lipinski definition) is 2. The molecule has 0 aliphatic carbocycles. The van der Waals surface area contributed by atoms with E-state index < -0.39 is 30.8 Å². The van der Waals surface area contributed by atoms with Crippen molar-refractivity contribution in [1.82, 2.24) is 10.6 Å². The van der Waals surface area contributed by atoms with Gasteiger partial charge in [0.1, 0.15) is 12.8 Å². The monoisotopic (exact) mass is 352 g/mol. The molecule has 0 radical (unpaired) electrons. The second-order valence-corrected chi connectivity index (χ2v) is 5.56. The number of nitrogens with one attached hydrogen (secondary N) is 2. The van der Waals surface area contributed by atoms with Crippen molar-refractivity contribution >= 4 is 6.29 Å². The van der Waals surface area contributed by atoms with Gasteiger partial charge in [-0.15, -0.1) is 0 Å². The maximum Gasteiger partial charge on any atom is 0.446 e. The van der Waals surface area contributed by atoms with E-state index in [0.29, 0.717) is 19.5 Å². The molecular formula is C16H21F5N2O. The van der Waals surface area contributed by atoms with Gasteiger partial charge in [-0.1, -0.05) is 30.3 Å². The molecule has 3 nitrogen and oxygen atoms in total. The molecule has 1 aliphatic heterocycles. The van der Waals surface area contributed by atoms with Crippen LogP contribution in [0, 0.1) is 0 Å². The quantitative estimate of drug-likeness (QED) is 0.632. The van der Waals surface area contributed by atoms with Crippen LogP contribution in [0.2, 0.25) is 0 Å². The third-order valence-corrected chi connectivity index (χ3v) is 3.77. The molecule has 1 aliphatic rings. The molecule has 8 heteroatoms. The Bertz CT molecular complexity index is 475. The van der Waals surface area contributed by atoms with Gasteiger partial charge in [-0.25, -0.2) is 8.78 Å². The highest BCUT2D eigenvalue weighted by Crippen LogP contribution is 2.24. The predicted molar refractivity (Wildman–Crippen MR) is 81.1 cm³/mol.